The smallest absolute Gasteiger partial charge is 0.269 e. The first-order valence-electron chi connectivity index (χ1n) is 8.85. The second-order valence-electron chi connectivity index (χ2n) is 7.06. The Labute approximate surface area is 166 Å². The molecule has 0 spiro atoms. The van der Waals surface area contributed by atoms with Gasteiger partial charge in [-0.3, -0.25) is 14.9 Å². The number of hydrogen-bond acceptors (Lipinski definition) is 6. The Morgan fingerprint density at radius 1 is 1.14 bits per heavy atom. The van der Waals surface area contributed by atoms with Crippen LogP contribution in [0.3, 0.4) is 0 Å². The minimum Gasteiger partial charge on any atom is -0.368 e. The predicted octanol–water partition coefficient (Wildman–Crippen LogP) is 2.61. The number of nitrogens with zero attached hydrogens (tertiary/aromatic N) is 4. The van der Waals surface area contributed by atoms with Crippen molar-refractivity contribution in [1.29, 1.82) is 10.5 Å². The summed E-state index contributed by atoms with van der Waals surface area (Å²) in [6, 6.07) is 15.6. The number of amides is 1. The van der Waals surface area contributed by atoms with Gasteiger partial charge in [-0.25, -0.2) is 0 Å². The maximum absolute atomic E-state index is 12.5. The SMILES string of the molecule is N#CC1(C#N)[C@@H]2c3ccccc3C=CN2[C@@H](C(N)=O)[C@@H]1c1ccc([N+](=O)[O-])cc1. The molecule has 0 radical (unpaired) electrons. The van der Waals surface area contributed by atoms with Crippen molar-refractivity contribution in [2.45, 2.75) is 18.0 Å². The summed E-state index contributed by atoms with van der Waals surface area (Å²) in [5, 5.41) is 31.3. The first-order chi connectivity index (χ1) is 13.9. The average molecular weight is 385 g/mol. The van der Waals surface area contributed by atoms with Gasteiger partial charge in [0, 0.05) is 24.3 Å². The molecule has 8 nitrogen and oxygen atoms in total. The highest BCUT2D eigenvalue weighted by atomic mass is 16.6. The van der Waals surface area contributed by atoms with E-state index in [1.165, 1.54) is 24.3 Å². The number of fused-ring (bicyclic) bond motifs is 3. The molecule has 2 aliphatic heterocycles. The number of carbonyl (C=O) groups is 1. The fourth-order valence-corrected chi connectivity index (χ4v) is 4.50. The molecule has 2 aromatic carbocycles. The molecule has 29 heavy (non-hydrogen) atoms. The van der Waals surface area contributed by atoms with Crippen molar-refractivity contribution in [3.8, 4) is 12.1 Å². The Bertz CT molecular complexity index is 1110. The topological polar surface area (TPSA) is 137 Å². The summed E-state index contributed by atoms with van der Waals surface area (Å²) in [4.78, 5) is 24.6. The highest BCUT2D eigenvalue weighted by Gasteiger charge is 2.63. The molecule has 0 bridgehead atoms. The van der Waals surface area contributed by atoms with E-state index in [1.54, 1.807) is 11.1 Å². The summed E-state index contributed by atoms with van der Waals surface area (Å²) >= 11 is 0. The Hall–Kier alpha value is -4.17. The zero-order valence-corrected chi connectivity index (χ0v) is 15.1. The summed E-state index contributed by atoms with van der Waals surface area (Å²) < 4.78 is 0. The van der Waals surface area contributed by atoms with Gasteiger partial charge in [-0.1, -0.05) is 36.4 Å². The number of hydrogen-bond donors (Lipinski definition) is 1. The maximum atomic E-state index is 12.5. The molecule has 1 fully saturated rings. The van der Waals surface area contributed by atoms with Crippen molar-refractivity contribution < 1.29 is 9.72 Å². The largest absolute Gasteiger partial charge is 0.368 e. The molecule has 2 N–H and O–H groups in total. The lowest BCUT2D eigenvalue weighted by Crippen LogP contribution is -2.41. The van der Waals surface area contributed by atoms with Crippen LogP contribution in [0.4, 0.5) is 5.69 Å². The lowest BCUT2D eigenvalue weighted by atomic mass is 9.68. The van der Waals surface area contributed by atoms with Gasteiger partial charge in [0.25, 0.3) is 5.69 Å². The molecule has 2 aliphatic rings. The van der Waals surface area contributed by atoms with Crippen LogP contribution in [0, 0.1) is 38.2 Å². The van der Waals surface area contributed by atoms with Crippen LogP contribution in [0.2, 0.25) is 0 Å². The van der Waals surface area contributed by atoms with Crippen LogP contribution in [-0.4, -0.2) is 21.8 Å². The number of nitrogens with two attached hydrogens (primary N) is 1. The monoisotopic (exact) mass is 385 g/mol. The molecule has 1 amide bonds. The van der Waals surface area contributed by atoms with E-state index in [1.807, 2.05) is 30.3 Å². The fourth-order valence-electron chi connectivity index (χ4n) is 4.50. The van der Waals surface area contributed by atoms with Crippen molar-refractivity contribution in [2.24, 2.45) is 11.1 Å². The molecular formula is C21H15N5O3. The fraction of sp³-hybridized carbons (Fsp3) is 0.190. The van der Waals surface area contributed by atoms with Crippen LogP contribution in [0.15, 0.2) is 54.7 Å². The first kappa shape index (κ1) is 18.2. The summed E-state index contributed by atoms with van der Waals surface area (Å²) in [7, 11) is 0. The predicted molar refractivity (Wildman–Crippen MR) is 103 cm³/mol. The number of primary amides is 1. The first-order valence-corrected chi connectivity index (χ1v) is 8.85. The maximum Gasteiger partial charge on any atom is 0.269 e. The zero-order valence-electron chi connectivity index (χ0n) is 15.1. The summed E-state index contributed by atoms with van der Waals surface area (Å²) in [6.45, 7) is 0. The zero-order chi connectivity index (χ0) is 20.8. The van der Waals surface area contributed by atoms with Gasteiger partial charge in [0.1, 0.15) is 6.04 Å². The molecule has 0 aromatic heterocycles. The van der Waals surface area contributed by atoms with Crippen LogP contribution in [0.25, 0.3) is 6.08 Å². The van der Waals surface area contributed by atoms with Gasteiger partial charge in [-0.2, -0.15) is 10.5 Å². The molecule has 4 rings (SSSR count). The molecule has 142 valence electrons. The van der Waals surface area contributed by atoms with E-state index < -0.39 is 34.2 Å². The molecule has 2 heterocycles. The molecule has 2 aromatic rings. The third kappa shape index (κ3) is 2.47. The lowest BCUT2D eigenvalue weighted by molar-refractivity contribution is -0.384. The van der Waals surface area contributed by atoms with Crippen molar-refractivity contribution in [1.82, 2.24) is 4.90 Å². The minimum atomic E-state index is -1.61. The molecule has 0 unspecified atom stereocenters. The van der Waals surface area contributed by atoms with Crippen LogP contribution >= 0.6 is 0 Å². The quantitative estimate of drug-likeness (QED) is 0.637. The van der Waals surface area contributed by atoms with Crippen molar-refractivity contribution in [3.05, 3.63) is 81.5 Å². The summed E-state index contributed by atoms with van der Waals surface area (Å²) in [5.74, 6) is -1.55. The van der Waals surface area contributed by atoms with E-state index >= 15 is 0 Å². The van der Waals surface area contributed by atoms with Gasteiger partial charge in [0.2, 0.25) is 5.91 Å². The van der Waals surface area contributed by atoms with E-state index in [4.69, 9.17) is 5.73 Å². The van der Waals surface area contributed by atoms with E-state index in [2.05, 4.69) is 12.1 Å². The van der Waals surface area contributed by atoms with Gasteiger partial charge in [0.15, 0.2) is 5.41 Å². The van der Waals surface area contributed by atoms with Crippen molar-refractivity contribution in [2.75, 3.05) is 0 Å². The highest BCUT2D eigenvalue weighted by Crippen LogP contribution is 2.59. The highest BCUT2D eigenvalue weighted by molar-refractivity contribution is 5.84. The van der Waals surface area contributed by atoms with E-state index in [-0.39, 0.29) is 5.69 Å². The molecule has 0 aliphatic carbocycles. The molecule has 1 saturated heterocycles. The van der Waals surface area contributed by atoms with E-state index in [0.29, 0.717) is 5.56 Å². The van der Waals surface area contributed by atoms with Crippen LogP contribution < -0.4 is 5.73 Å². The minimum absolute atomic E-state index is 0.121. The van der Waals surface area contributed by atoms with Gasteiger partial charge in [-0.05, 0) is 22.8 Å². The number of benzene rings is 2. The number of non-ortho nitro benzene ring substituents is 1. The van der Waals surface area contributed by atoms with Crippen LogP contribution in [0.5, 0.6) is 0 Å². The van der Waals surface area contributed by atoms with Gasteiger partial charge < -0.3 is 10.6 Å². The van der Waals surface area contributed by atoms with Crippen LogP contribution in [0.1, 0.15) is 28.7 Å². The van der Waals surface area contributed by atoms with Crippen LogP contribution in [-0.2, 0) is 4.79 Å². The standard InChI is InChI=1S/C21H15N5O3/c22-11-21(12-23)17(14-5-7-15(8-6-14)26(28)29)18(20(24)27)25-10-9-13-3-1-2-4-16(13)19(21)25/h1-10,17-19H,(H2,24,27)/t17-,18+,19-/m0/s1. The lowest BCUT2D eigenvalue weighted by Gasteiger charge is -2.34. The Morgan fingerprint density at radius 2 is 1.79 bits per heavy atom. The van der Waals surface area contributed by atoms with Gasteiger partial charge in [-0.15, -0.1) is 0 Å². The Morgan fingerprint density at radius 3 is 2.38 bits per heavy atom. The second-order valence-corrected chi connectivity index (χ2v) is 7.06. The molecular weight excluding hydrogens is 370 g/mol. The number of nitro benzene ring substituents is 1. The average Bonchev–Trinajstić information content (AvgIpc) is 3.05. The van der Waals surface area contributed by atoms with Gasteiger partial charge >= 0.3 is 0 Å². The Balaban J connectivity index is 1.96. The number of nitriles is 2. The van der Waals surface area contributed by atoms with Crippen molar-refractivity contribution >= 4 is 17.7 Å². The molecule has 0 saturated carbocycles. The summed E-state index contributed by atoms with van der Waals surface area (Å²) in [6.07, 6.45) is 3.51. The molecule has 8 heteroatoms. The number of nitro groups is 1. The Kier molecular flexibility index (Phi) is 4.06. The van der Waals surface area contributed by atoms with E-state index in [0.717, 1.165) is 11.1 Å². The third-order valence-corrected chi connectivity index (χ3v) is 5.70. The number of carbonyl (C=O) groups excluding carboxylic acids is 1. The normalized spacial score (nSPS) is 23.4. The second kappa shape index (κ2) is 6.47. The van der Waals surface area contributed by atoms with E-state index in [9.17, 15) is 25.4 Å². The molecule has 3 atom stereocenters. The van der Waals surface area contributed by atoms with Crippen molar-refractivity contribution in [3.63, 3.8) is 0 Å². The summed E-state index contributed by atoms with van der Waals surface area (Å²) in [5.41, 5.74) is 6.08. The number of rotatable bonds is 3. The third-order valence-electron chi connectivity index (χ3n) is 5.70. The van der Waals surface area contributed by atoms with Gasteiger partial charge in [0.05, 0.1) is 23.1 Å².